The van der Waals surface area contributed by atoms with E-state index in [0.29, 0.717) is 13.1 Å². The Balaban J connectivity index is 2.13. The molecule has 1 aliphatic rings. The lowest BCUT2D eigenvalue weighted by Gasteiger charge is -2.29. The zero-order valence-corrected chi connectivity index (χ0v) is 11.3. The fourth-order valence-corrected chi connectivity index (χ4v) is 2.48. The second kappa shape index (κ2) is 6.20. The Hall–Kier alpha value is -1.98. The quantitative estimate of drug-likeness (QED) is 0.892. The van der Waals surface area contributed by atoms with E-state index in [1.165, 1.54) is 23.1 Å². The second-order valence-electron chi connectivity index (χ2n) is 5.08. The van der Waals surface area contributed by atoms with E-state index in [2.05, 4.69) is 0 Å². The number of hydrogen-bond donors (Lipinski definition) is 1. The maximum Gasteiger partial charge on any atom is 0.416 e. The number of halogens is 3. The minimum atomic E-state index is -4.39. The van der Waals surface area contributed by atoms with E-state index in [9.17, 15) is 18.0 Å². The summed E-state index contributed by atoms with van der Waals surface area (Å²) in [5, 5.41) is 8.95. The number of likely N-dealkylation sites (tertiary alicyclic amines) is 1. The first-order chi connectivity index (χ1) is 9.88. The van der Waals surface area contributed by atoms with Gasteiger partial charge in [-0.2, -0.15) is 13.2 Å². The molecule has 0 radical (unpaired) electrons. The number of carboxylic acid groups (broad SMARTS) is 1. The molecule has 1 heterocycles. The highest BCUT2D eigenvalue weighted by Crippen LogP contribution is 2.32. The topological polar surface area (TPSA) is 40.5 Å². The maximum atomic E-state index is 12.9. The molecule has 1 saturated heterocycles. The Kier molecular flexibility index (Phi) is 4.55. The molecule has 1 aromatic rings. The van der Waals surface area contributed by atoms with E-state index in [1.807, 2.05) is 0 Å². The molecule has 0 aliphatic carbocycles. The van der Waals surface area contributed by atoms with E-state index in [-0.39, 0.29) is 11.5 Å². The van der Waals surface area contributed by atoms with Crippen molar-refractivity contribution in [1.29, 1.82) is 0 Å². The summed E-state index contributed by atoms with van der Waals surface area (Å²) in [6.07, 6.45) is -0.737. The molecule has 21 heavy (non-hydrogen) atoms. The van der Waals surface area contributed by atoms with Gasteiger partial charge in [-0.1, -0.05) is 30.4 Å². The molecule has 0 aromatic heterocycles. The smallest absolute Gasteiger partial charge is 0.416 e. The van der Waals surface area contributed by atoms with Crippen molar-refractivity contribution in [2.75, 3.05) is 13.1 Å². The van der Waals surface area contributed by atoms with Crippen LogP contribution in [0, 0.1) is 5.92 Å². The molecule has 1 atom stereocenters. The van der Waals surface area contributed by atoms with Gasteiger partial charge in [0.2, 0.25) is 0 Å². The van der Waals surface area contributed by atoms with Crippen molar-refractivity contribution in [3.05, 3.63) is 41.5 Å². The standard InChI is InChI=1S/C15H16F3NO2/c16-15(17,18)13-6-2-1-5-12(13)8-7-11-4-3-9-19(10-11)14(20)21/h1-2,5-8,11H,3-4,9-10H2,(H,20,21)/b8-7+. The monoisotopic (exact) mass is 299 g/mol. The van der Waals surface area contributed by atoms with Gasteiger partial charge in [-0.15, -0.1) is 0 Å². The summed E-state index contributed by atoms with van der Waals surface area (Å²) < 4.78 is 38.6. The van der Waals surface area contributed by atoms with Gasteiger partial charge in [-0.25, -0.2) is 4.79 Å². The Bertz CT molecular complexity index is 540. The highest BCUT2D eigenvalue weighted by Gasteiger charge is 2.32. The van der Waals surface area contributed by atoms with Crippen LogP contribution in [0.3, 0.4) is 0 Å². The van der Waals surface area contributed by atoms with Gasteiger partial charge < -0.3 is 10.0 Å². The molecule has 2 rings (SSSR count). The van der Waals surface area contributed by atoms with E-state index in [1.54, 1.807) is 12.1 Å². The third kappa shape index (κ3) is 4.00. The average Bonchev–Trinajstić information content (AvgIpc) is 2.45. The number of carbonyl (C=O) groups is 1. The number of piperidine rings is 1. The van der Waals surface area contributed by atoms with Crippen LogP contribution in [-0.4, -0.2) is 29.2 Å². The van der Waals surface area contributed by atoms with Crippen LogP contribution in [0.15, 0.2) is 30.3 Å². The normalized spacial score (nSPS) is 20.0. The fourth-order valence-electron chi connectivity index (χ4n) is 2.48. The van der Waals surface area contributed by atoms with Crippen molar-refractivity contribution < 1.29 is 23.1 Å². The molecule has 0 bridgehead atoms. The van der Waals surface area contributed by atoms with Crippen LogP contribution in [0.5, 0.6) is 0 Å². The summed E-state index contributed by atoms with van der Waals surface area (Å²) in [6.45, 7) is 0.818. The zero-order chi connectivity index (χ0) is 15.5. The van der Waals surface area contributed by atoms with Crippen molar-refractivity contribution in [2.24, 2.45) is 5.92 Å². The van der Waals surface area contributed by atoms with Crippen molar-refractivity contribution in [1.82, 2.24) is 4.90 Å². The molecule has 1 N–H and O–H groups in total. The Morgan fingerprint density at radius 2 is 2.05 bits per heavy atom. The van der Waals surface area contributed by atoms with E-state index in [0.717, 1.165) is 18.9 Å². The molecular formula is C15H16F3NO2. The first-order valence-electron chi connectivity index (χ1n) is 6.70. The summed E-state index contributed by atoms with van der Waals surface area (Å²) in [7, 11) is 0. The molecule has 1 aromatic carbocycles. The summed E-state index contributed by atoms with van der Waals surface area (Å²) in [4.78, 5) is 12.2. The van der Waals surface area contributed by atoms with Crippen LogP contribution in [0.2, 0.25) is 0 Å². The number of rotatable bonds is 2. The summed E-state index contributed by atoms with van der Waals surface area (Å²) in [5.74, 6) is -0.0452. The summed E-state index contributed by atoms with van der Waals surface area (Å²) >= 11 is 0. The Labute approximate surface area is 120 Å². The van der Waals surface area contributed by atoms with Crippen LogP contribution < -0.4 is 0 Å². The molecular weight excluding hydrogens is 283 g/mol. The molecule has 1 amide bonds. The largest absolute Gasteiger partial charge is 0.465 e. The molecule has 1 aliphatic heterocycles. The van der Waals surface area contributed by atoms with Gasteiger partial charge in [0.1, 0.15) is 0 Å². The van der Waals surface area contributed by atoms with E-state index >= 15 is 0 Å². The van der Waals surface area contributed by atoms with Crippen LogP contribution in [0.25, 0.3) is 6.08 Å². The number of amides is 1. The van der Waals surface area contributed by atoms with Crippen molar-refractivity contribution in [3.63, 3.8) is 0 Å². The molecule has 1 fully saturated rings. The lowest BCUT2D eigenvalue weighted by Crippen LogP contribution is -2.38. The molecule has 6 heteroatoms. The van der Waals surface area contributed by atoms with Gasteiger partial charge >= 0.3 is 12.3 Å². The number of alkyl halides is 3. The van der Waals surface area contributed by atoms with Gasteiger partial charge in [-0.05, 0) is 30.4 Å². The number of benzene rings is 1. The van der Waals surface area contributed by atoms with Crippen LogP contribution in [0.1, 0.15) is 24.0 Å². The predicted octanol–water partition coefficient (Wildman–Crippen LogP) is 4.11. The Morgan fingerprint density at radius 3 is 2.71 bits per heavy atom. The van der Waals surface area contributed by atoms with E-state index < -0.39 is 17.8 Å². The summed E-state index contributed by atoms with van der Waals surface area (Å²) in [5.41, 5.74) is -0.565. The van der Waals surface area contributed by atoms with Crippen molar-refractivity contribution >= 4 is 12.2 Å². The van der Waals surface area contributed by atoms with E-state index in [4.69, 9.17) is 5.11 Å². The second-order valence-corrected chi connectivity index (χ2v) is 5.08. The Morgan fingerprint density at radius 1 is 1.33 bits per heavy atom. The fraction of sp³-hybridized carbons (Fsp3) is 0.400. The third-order valence-electron chi connectivity index (χ3n) is 3.54. The lowest BCUT2D eigenvalue weighted by atomic mass is 9.96. The SMILES string of the molecule is O=C(O)N1CCCC(/C=C/c2ccccc2C(F)(F)F)C1. The highest BCUT2D eigenvalue weighted by atomic mass is 19.4. The van der Waals surface area contributed by atoms with Crippen LogP contribution in [0.4, 0.5) is 18.0 Å². The maximum absolute atomic E-state index is 12.9. The van der Waals surface area contributed by atoms with Crippen LogP contribution >= 0.6 is 0 Å². The summed E-state index contributed by atoms with van der Waals surface area (Å²) in [6, 6.07) is 5.37. The first-order valence-corrected chi connectivity index (χ1v) is 6.70. The molecule has 0 saturated carbocycles. The van der Waals surface area contributed by atoms with Gasteiger partial charge in [0.25, 0.3) is 0 Å². The molecule has 0 spiro atoms. The minimum absolute atomic E-state index is 0.0452. The third-order valence-corrected chi connectivity index (χ3v) is 3.54. The first kappa shape index (κ1) is 15.4. The molecule has 114 valence electrons. The molecule has 3 nitrogen and oxygen atoms in total. The van der Waals surface area contributed by atoms with Gasteiger partial charge in [0.15, 0.2) is 0 Å². The average molecular weight is 299 g/mol. The highest BCUT2D eigenvalue weighted by molar-refractivity contribution is 5.65. The molecule has 1 unspecified atom stereocenters. The van der Waals surface area contributed by atoms with Gasteiger partial charge in [0, 0.05) is 13.1 Å². The predicted molar refractivity (Wildman–Crippen MR) is 72.8 cm³/mol. The lowest BCUT2D eigenvalue weighted by molar-refractivity contribution is -0.137. The van der Waals surface area contributed by atoms with Crippen molar-refractivity contribution in [2.45, 2.75) is 19.0 Å². The minimum Gasteiger partial charge on any atom is -0.465 e. The van der Waals surface area contributed by atoms with Crippen LogP contribution in [-0.2, 0) is 6.18 Å². The number of nitrogens with zero attached hydrogens (tertiary/aromatic N) is 1. The van der Waals surface area contributed by atoms with Gasteiger partial charge in [-0.3, -0.25) is 0 Å². The van der Waals surface area contributed by atoms with Crippen molar-refractivity contribution in [3.8, 4) is 0 Å². The number of hydrogen-bond acceptors (Lipinski definition) is 1. The van der Waals surface area contributed by atoms with Gasteiger partial charge in [0.05, 0.1) is 5.56 Å². The zero-order valence-electron chi connectivity index (χ0n) is 11.3.